The number of rotatable bonds is 7. The van der Waals surface area contributed by atoms with Crippen molar-refractivity contribution in [2.45, 2.75) is 18.2 Å². The van der Waals surface area contributed by atoms with Gasteiger partial charge >= 0.3 is 5.97 Å². The molecule has 0 radical (unpaired) electrons. The number of hydrogen-bond donors (Lipinski definition) is 1. The normalized spacial score (nSPS) is 10.0. The molecule has 0 heterocycles. The number of carbonyl (C=O) groups excluding carboxylic acids is 2. The van der Waals surface area contributed by atoms with Crippen molar-refractivity contribution in [3.05, 3.63) is 18.2 Å². The molecule has 0 aliphatic heterocycles. The topological polar surface area (TPSA) is 72.8 Å². The number of esters is 1. The van der Waals surface area contributed by atoms with Crippen LogP contribution < -0.4 is 4.74 Å². The van der Waals surface area contributed by atoms with E-state index in [9.17, 15) is 14.7 Å². The molecule has 6 heteroatoms. The number of hydrogen-bond acceptors (Lipinski definition) is 6. The first kappa shape index (κ1) is 15.4. The molecule has 0 bridgehead atoms. The highest BCUT2D eigenvalue weighted by atomic mass is 32.2. The van der Waals surface area contributed by atoms with Crippen molar-refractivity contribution >= 4 is 23.5 Å². The van der Waals surface area contributed by atoms with Crippen LogP contribution in [0.1, 0.15) is 13.3 Å². The zero-order chi connectivity index (χ0) is 14.3. The highest BCUT2D eigenvalue weighted by Gasteiger charge is 2.11. The summed E-state index contributed by atoms with van der Waals surface area (Å²) in [6.45, 7) is 1.96. The van der Waals surface area contributed by atoms with Gasteiger partial charge in [0.1, 0.15) is 6.42 Å². The Labute approximate surface area is 115 Å². The number of methoxy groups -OCH3 is 1. The van der Waals surface area contributed by atoms with Gasteiger partial charge in [-0.15, -0.1) is 11.8 Å². The van der Waals surface area contributed by atoms with E-state index in [4.69, 9.17) is 4.74 Å². The number of benzene rings is 1. The molecule has 1 rings (SSSR count). The van der Waals surface area contributed by atoms with Crippen LogP contribution in [-0.2, 0) is 14.3 Å². The Morgan fingerprint density at radius 1 is 1.37 bits per heavy atom. The van der Waals surface area contributed by atoms with E-state index in [2.05, 4.69) is 4.74 Å². The largest absolute Gasteiger partial charge is 0.504 e. The highest BCUT2D eigenvalue weighted by molar-refractivity contribution is 8.00. The molecule has 0 aliphatic rings. The Morgan fingerprint density at radius 2 is 2.11 bits per heavy atom. The molecule has 5 nitrogen and oxygen atoms in total. The SMILES string of the molecule is CCOC(=O)CC(=O)CSc1ccc(OC)c(O)c1. The van der Waals surface area contributed by atoms with Crippen molar-refractivity contribution in [2.75, 3.05) is 19.5 Å². The van der Waals surface area contributed by atoms with E-state index in [1.54, 1.807) is 19.1 Å². The lowest BCUT2D eigenvalue weighted by atomic mass is 10.3. The maximum Gasteiger partial charge on any atom is 0.313 e. The minimum absolute atomic E-state index is 0.0188. The van der Waals surface area contributed by atoms with Crippen LogP contribution in [0.5, 0.6) is 11.5 Å². The van der Waals surface area contributed by atoms with Gasteiger partial charge in [0.25, 0.3) is 0 Å². The monoisotopic (exact) mass is 284 g/mol. The fourth-order valence-electron chi connectivity index (χ4n) is 1.35. The van der Waals surface area contributed by atoms with Gasteiger partial charge in [0.15, 0.2) is 17.3 Å². The summed E-state index contributed by atoms with van der Waals surface area (Å²) in [7, 11) is 1.46. The van der Waals surface area contributed by atoms with Crippen molar-refractivity contribution in [1.82, 2.24) is 0 Å². The molecule has 0 amide bonds. The predicted molar refractivity (Wildman–Crippen MR) is 71.6 cm³/mol. The van der Waals surface area contributed by atoms with Crippen molar-refractivity contribution in [3.63, 3.8) is 0 Å². The van der Waals surface area contributed by atoms with Crippen LogP contribution in [-0.4, -0.2) is 36.3 Å². The molecular weight excluding hydrogens is 268 g/mol. The fourth-order valence-corrected chi connectivity index (χ4v) is 2.14. The number of aromatic hydroxyl groups is 1. The molecule has 104 valence electrons. The first-order chi connectivity index (χ1) is 9.06. The number of ketones is 1. The third-order valence-corrected chi connectivity index (χ3v) is 3.25. The third-order valence-electron chi connectivity index (χ3n) is 2.20. The van der Waals surface area contributed by atoms with Gasteiger partial charge in [-0.25, -0.2) is 0 Å². The second-order valence-corrected chi connectivity index (χ2v) is 4.69. The summed E-state index contributed by atoms with van der Waals surface area (Å²) in [4.78, 5) is 23.3. The molecule has 0 fully saturated rings. The van der Waals surface area contributed by atoms with Gasteiger partial charge in [0.05, 0.1) is 19.5 Å². The highest BCUT2D eigenvalue weighted by Crippen LogP contribution is 2.30. The molecule has 0 saturated heterocycles. The average molecular weight is 284 g/mol. The minimum atomic E-state index is -0.509. The number of phenolic OH excluding ortho intramolecular Hbond substituents is 1. The number of carbonyl (C=O) groups is 2. The summed E-state index contributed by atoms with van der Waals surface area (Å²) < 4.78 is 9.61. The zero-order valence-electron chi connectivity index (χ0n) is 10.8. The lowest BCUT2D eigenvalue weighted by molar-refractivity contribution is -0.145. The summed E-state index contributed by atoms with van der Waals surface area (Å²) in [6.07, 6.45) is -0.219. The van der Waals surface area contributed by atoms with Gasteiger partial charge in [-0.1, -0.05) is 0 Å². The minimum Gasteiger partial charge on any atom is -0.504 e. The quantitative estimate of drug-likeness (QED) is 0.469. The Morgan fingerprint density at radius 3 is 2.68 bits per heavy atom. The fraction of sp³-hybridized carbons (Fsp3) is 0.385. The van der Waals surface area contributed by atoms with Gasteiger partial charge in [-0.3, -0.25) is 9.59 Å². The van der Waals surface area contributed by atoms with Gasteiger partial charge in [0.2, 0.25) is 0 Å². The lowest BCUT2D eigenvalue weighted by Gasteiger charge is -2.05. The first-order valence-corrected chi connectivity index (χ1v) is 6.72. The lowest BCUT2D eigenvalue weighted by Crippen LogP contribution is -2.12. The molecule has 0 atom stereocenters. The van der Waals surface area contributed by atoms with Gasteiger partial charge in [-0.2, -0.15) is 0 Å². The summed E-state index contributed by atoms with van der Waals surface area (Å²) in [5.74, 6) is -0.165. The summed E-state index contributed by atoms with van der Waals surface area (Å²) in [5.41, 5.74) is 0. The van der Waals surface area contributed by atoms with Crippen LogP contribution in [0, 0.1) is 0 Å². The van der Waals surface area contributed by atoms with E-state index in [0.717, 1.165) is 4.90 Å². The standard InChI is InChI=1S/C13H16O5S/c1-3-18-13(16)6-9(14)8-19-10-4-5-12(17-2)11(15)7-10/h4-5,7,15H,3,6,8H2,1-2H3. The van der Waals surface area contributed by atoms with Crippen LogP contribution in [0.25, 0.3) is 0 Å². The molecule has 0 aliphatic carbocycles. The summed E-state index contributed by atoms with van der Waals surface area (Å²) >= 11 is 1.25. The molecule has 0 unspecified atom stereocenters. The van der Waals surface area contributed by atoms with E-state index in [1.165, 1.54) is 24.9 Å². The average Bonchev–Trinajstić information content (AvgIpc) is 2.36. The Bertz CT molecular complexity index is 458. The van der Waals surface area contributed by atoms with Gasteiger partial charge < -0.3 is 14.6 Å². The number of ether oxygens (including phenoxy) is 2. The molecule has 19 heavy (non-hydrogen) atoms. The molecule has 0 aromatic heterocycles. The van der Waals surface area contributed by atoms with Crippen molar-refractivity contribution in [1.29, 1.82) is 0 Å². The Balaban J connectivity index is 2.46. The summed E-state index contributed by atoms with van der Waals surface area (Å²) in [5, 5.41) is 9.57. The number of Topliss-reactive ketones (excluding diaryl/α,β-unsaturated/α-hetero) is 1. The van der Waals surface area contributed by atoms with E-state index < -0.39 is 5.97 Å². The molecule has 1 N–H and O–H groups in total. The second-order valence-electron chi connectivity index (χ2n) is 3.64. The first-order valence-electron chi connectivity index (χ1n) is 5.74. The zero-order valence-corrected chi connectivity index (χ0v) is 11.7. The van der Waals surface area contributed by atoms with E-state index in [1.807, 2.05) is 0 Å². The Hall–Kier alpha value is -1.69. The maximum absolute atomic E-state index is 11.5. The van der Waals surface area contributed by atoms with Crippen LogP contribution in [0.3, 0.4) is 0 Å². The predicted octanol–water partition coefficient (Wildman–Crippen LogP) is 2.02. The van der Waals surface area contributed by atoms with E-state index in [-0.39, 0.29) is 30.3 Å². The van der Waals surface area contributed by atoms with Gasteiger partial charge in [-0.05, 0) is 25.1 Å². The third kappa shape index (κ3) is 5.21. The van der Waals surface area contributed by atoms with Gasteiger partial charge in [0, 0.05) is 4.90 Å². The van der Waals surface area contributed by atoms with Crippen LogP contribution >= 0.6 is 11.8 Å². The number of thioether (sulfide) groups is 1. The van der Waals surface area contributed by atoms with Crippen molar-refractivity contribution in [3.8, 4) is 11.5 Å². The second kappa shape index (κ2) is 7.68. The van der Waals surface area contributed by atoms with Crippen molar-refractivity contribution < 1.29 is 24.2 Å². The van der Waals surface area contributed by atoms with Crippen LogP contribution in [0.15, 0.2) is 23.1 Å². The van der Waals surface area contributed by atoms with E-state index in [0.29, 0.717) is 5.75 Å². The Kier molecular flexibility index (Phi) is 6.21. The van der Waals surface area contributed by atoms with E-state index >= 15 is 0 Å². The molecule has 1 aromatic rings. The smallest absolute Gasteiger partial charge is 0.313 e. The molecule has 1 aromatic carbocycles. The van der Waals surface area contributed by atoms with Crippen LogP contribution in [0.4, 0.5) is 0 Å². The van der Waals surface area contributed by atoms with Crippen LogP contribution in [0.2, 0.25) is 0 Å². The number of phenols is 1. The molecule has 0 saturated carbocycles. The molecule has 0 spiro atoms. The molecular formula is C13H16O5S. The van der Waals surface area contributed by atoms with Crippen molar-refractivity contribution in [2.24, 2.45) is 0 Å². The maximum atomic E-state index is 11.5. The summed E-state index contributed by atoms with van der Waals surface area (Å²) in [6, 6.07) is 4.87.